The summed E-state index contributed by atoms with van der Waals surface area (Å²) in [5.74, 6) is 0. The van der Waals surface area contributed by atoms with E-state index in [4.69, 9.17) is 9.97 Å². The molecule has 186 valence electrons. The van der Waals surface area contributed by atoms with Crippen molar-refractivity contribution in [2.24, 2.45) is 0 Å². The minimum absolute atomic E-state index is 0.544. The summed E-state index contributed by atoms with van der Waals surface area (Å²) < 4.78 is 0.822. The summed E-state index contributed by atoms with van der Waals surface area (Å²) in [4.78, 5) is 29.4. The fourth-order valence-corrected chi connectivity index (χ4v) is 5.58. The van der Waals surface area contributed by atoms with Gasteiger partial charge in [0.15, 0.2) is 6.29 Å². The van der Waals surface area contributed by atoms with Crippen LogP contribution >= 0.6 is 15.9 Å². The Hall–Kier alpha value is -4.81. The molecule has 0 radical (unpaired) electrons. The molecule has 0 aliphatic carbocycles. The van der Waals surface area contributed by atoms with Gasteiger partial charge in [0.2, 0.25) is 0 Å². The summed E-state index contributed by atoms with van der Waals surface area (Å²) in [5, 5.41) is 0. The van der Waals surface area contributed by atoms with Crippen molar-refractivity contribution in [2.75, 3.05) is 0 Å². The first-order valence-corrected chi connectivity index (χ1v) is 13.4. The van der Waals surface area contributed by atoms with Gasteiger partial charge in [-0.3, -0.25) is 4.79 Å². The van der Waals surface area contributed by atoms with Crippen LogP contribution in [0.25, 0.3) is 68.6 Å². The van der Waals surface area contributed by atoms with Crippen molar-refractivity contribution in [3.8, 4) is 22.3 Å². The number of nitrogens with one attached hydrogen (secondary N) is 2. The fraction of sp³-hybridized carbons (Fsp3) is 0. The van der Waals surface area contributed by atoms with Crippen molar-refractivity contribution in [3.63, 3.8) is 0 Å². The van der Waals surface area contributed by atoms with Gasteiger partial charge in [-0.1, -0.05) is 60.7 Å². The number of rotatable bonds is 3. The Morgan fingerprint density at radius 2 is 0.949 bits per heavy atom. The highest BCUT2D eigenvalue weighted by Crippen LogP contribution is 2.35. The van der Waals surface area contributed by atoms with Crippen molar-refractivity contribution in [1.82, 2.24) is 19.9 Å². The van der Waals surface area contributed by atoms with Gasteiger partial charge in [-0.15, -0.1) is 0 Å². The number of nitrogens with zero attached hydrogens (tertiary/aromatic N) is 2. The van der Waals surface area contributed by atoms with Crippen LogP contribution in [0, 0.1) is 0 Å². The van der Waals surface area contributed by atoms with E-state index < -0.39 is 0 Å². The molecule has 0 fully saturated rings. The number of halogens is 1. The third kappa shape index (κ3) is 4.06. The summed E-state index contributed by atoms with van der Waals surface area (Å²) in [6.07, 6.45) is 8.93. The molecule has 2 aliphatic rings. The minimum Gasteiger partial charge on any atom is -0.354 e. The second-order valence-electron chi connectivity index (χ2n) is 9.33. The number of carbonyl (C=O) groups is 1. The zero-order valence-corrected chi connectivity index (χ0v) is 22.2. The number of benzene rings is 2. The summed E-state index contributed by atoms with van der Waals surface area (Å²) >= 11 is 3.78. The molecule has 0 atom stereocenters. The predicted molar refractivity (Wildman–Crippen MR) is 163 cm³/mol. The van der Waals surface area contributed by atoms with E-state index in [1.54, 1.807) is 0 Å². The topological polar surface area (TPSA) is 74.4 Å². The van der Waals surface area contributed by atoms with Gasteiger partial charge in [-0.25, -0.2) is 9.97 Å². The van der Waals surface area contributed by atoms with Gasteiger partial charge < -0.3 is 9.97 Å². The highest BCUT2D eigenvalue weighted by atomic mass is 79.9. The molecule has 7 rings (SSSR count). The fourth-order valence-electron chi connectivity index (χ4n) is 5.14. The first-order chi connectivity index (χ1) is 19.2. The van der Waals surface area contributed by atoms with E-state index in [2.05, 4.69) is 50.2 Å². The molecule has 8 bridgehead atoms. The molecule has 0 unspecified atom stereocenters. The van der Waals surface area contributed by atoms with Crippen molar-refractivity contribution in [1.29, 1.82) is 0 Å². The second kappa shape index (κ2) is 9.49. The first-order valence-electron chi connectivity index (χ1n) is 12.6. The van der Waals surface area contributed by atoms with Gasteiger partial charge in [-0.05, 0) is 75.6 Å². The number of aldehydes is 1. The van der Waals surface area contributed by atoms with Gasteiger partial charge in [0, 0.05) is 22.2 Å². The van der Waals surface area contributed by atoms with Gasteiger partial charge in [0.05, 0.1) is 43.8 Å². The third-order valence-corrected chi connectivity index (χ3v) is 7.79. The number of hydrogen-bond donors (Lipinski definition) is 2. The molecule has 3 aromatic heterocycles. The normalized spacial score (nSPS) is 12.1. The van der Waals surface area contributed by atoms with E-state index in [0.717, 1.165) is 77.9 Å². The number of hydrogen-bond acceptors (Lipinski definition) is 3. The molecule has 0 spiro atoms. The molecule has 2 aliphatic heterocycles. The van der Waals surface area contributed by atoms with Gasteiger partial charge in [0.1, 0.15) is 0 Å². The monoisotopic (exact) mass is 568 g/mol. The van der Waals surface area contributed by atoms with E-state index in [0.29, 0.717) is 5.56 Å². The molecule has 5 aromatic rings. The lowest BCUT2D eigenvalue weighted by Crippen LogP contribution is -1.88. The van der Waals surface area contributed by atoms with Crippen LogP contribution < -0.4 is 0 Å². The zero-order chi connectivity index (χ0) is 26.3. The quantitative estimate of drug-likeness (QED) is 0.209. The molecule has 0 amide bonds. The maximum Gasteiger partial charge on any atom is 0.154 e. The van der Waals surface area contributed by atoms with Crippen molar-refractivity contribution < 1.29 is 4.79 Å². The van der Waals surface area contributed by atoms with Gasteiger partial charge in [-0.2, -0.15) is 0 Å². The number of carbonyl (C=O) groups excluding carboxylic acids is 1. The Kier molecular flexibility index (Phi) is 5.68. The van der Waals surface area contributed by atoms with E-state index >= 15 is 0 Å². The first kappa shape index (κ1) is 23.3. The van der Waals surface area contributed by atoms with Gasteiger partial charge >= 0.3 is 0 Å². The average Bonchev–Trinajstić information content (AvgIpc) is 3.79. The van der Waals surface area contributed by atoms with E-state index in [1.165, 1.54) is 0 Å². The molecule has 39 heavy (non-hydrogen) atoms. The van der Waals surface area contributed by atoms with Crippen LogP contribution in [0.1, 0.15) is 33.1 Å². The van der Waals surface area contributed by atoms with Crippen LogP contribution in [0.3, 0.4) is 0 Å². The molecular formula is C33H21BrN4O. The van der Waals surface area contributed by atoms with Crippen molar-refractivity contribution >= 4 is 68.6 Å². The summed E-state index contributed by atoms with van der Waals surface area (Å²) in [5.41, 5.74) is 10.9. The predicted octanol–water partition coefficient (Wildman–Crippen LogP) is 8.56. The highest BCUT2D eigenvalue weighted by molar-refractivity contribution is 9.10. The Bertz CT molecular complexity index is 1850. The zero-order valence-electron chi connectivity index (χ0n) is 20.7. The maximum absolute atomic E-state index is 12.4. The van der Waals surface area contributed by atoms with Gasteiger partial charge in [0.25, 0.3) is 0 Å². The summed E-state index contributed by atoms with van der Waals surface area (Å²) in [7, 11) is 0. The smallest absolute Gasteiger partial charge is 0.154 e. The lowest BCUT2D eigenvalue weighted by molar-refractivity contribution is 0.112. The molecular weight excluding hydrogens is 548 g/mol. The molecule has 6 heteroatoms. The molecule has 0 saturated heterocycles. The molecule has 2 N–H and O–H groups in total. The van der Waals surface area contributed by atoms with E-state index in [-0.39, 0.29) is 0 Å². The molecule has 5 nitrogen and oxygen atoms in total. The lowest BCUT2D eigenvalue weighted by Gasteiger charge is -2.04. The number of aromatic amines is 2. The maximum atomic E-state index is 12.4. The van der Waals surface area contributed by atoms with Crippen LogP contribution in [0.2, 0.25) is 0 Å². The van der Waals surface area contributed by atoms with E-state index in [1.807, 2.05) is 85.0 Å². The SMILES string of the molecule is O=Cc1c2ccc([nH]2)c(-c2ccccc2)c2nc(c(Br)c3nc(c(-c4ccccc4)c4ccc1[nH]4)C=C3)C=C2. The number of aromatic nitrogens is 4. The summed E-state index contributed by atoms with van der Waals surface area (Å²) in [6, 6.07) is 28.2. The van der Waals surface area contributed by atoms with Crippen LogP contribution in [0.15, 0.2) is 89.4 Å². The van der Waals surface area contributed by atoms with E-state index in [9.17, 15) is 4.79 Å². The highest BCUT2D eigenvalue weighted by Gasteiger charge is 2.16. The minimum atomic E-state index is 0.544. The van der Waals surface area contributed by atoms with Crippen molar-refractivity contribution in [2.45, 2.75) is 0 Å². The lowest BCUT2D eigenvalue weighted by atomic mass is 10.0. The average molecular weight is 569 g/mol. The largest absolute Gasteiger partial charge is 0.354 e. The molecule has 5 heterocycles. The molecule has 0 saturated carbocycles. The van der Waals surface area contributed by atoms with Crippen LogP contribution in [0.5, 0.6) is 0 Å². The summed E-state index contributed by atoms with van der Waals surface area (Å²) in [6.45, 7) is 0. The number of fused-ring (bicyclic) bond motifs is 8. The molecule has 2 aromatic carbocycles. The van der Waals surface area contributed by atoms with Crippen LogP contribution in [-0.2, 0) is 0 Å². The Morgan fingerprint density at radius 1 is 0.538 bits per heavy atom. The standard InChI is InChI=1S/C33H21BrN4O/c34-33-29-17-15-27(37-29)31(20-7-3-1-4-8-20)25-13-11-23(35-25)22(19-39)24-12-14-26(36-24)32(21-9-5-2-6-10-21)28-16-18-30(33)38-28/h1-19,35-36H. The Morgan fingerprint density at radius 3 is 1.38 bits per heavy atom. The van der Waals surface area contributed by atoms with Crippen molar-refractivity contribution in [3.05, 3.63) is 118 Å². The Balaban J connectivity index is 1.66. The van der Waals surface area contributed by atoms with Crippen LogP contribution in [-0.4, -0.2) is 26.2 Å². The Labute approximate surface area is 232 Å². The number of H-pyrrole nitrogens is 2. The van der Waals surface area contributed by atoms with Crippen LogP contribution in [0.4, 0.5) is 0 Å². The third-order valence-electron chi connectivity index (χ3n) is 6.98. The second-order valence-corrected chi connectivity index (χ2v) is 10.1.